The molecule has 0 fully saturated rings. The number of halogens is 1. The van der Waals surface area contributed by atoms with E-state index in [0.29, 0.717) is 6.54 Å². The summed E-state index contributed by atoms with van der Waals surface area (Å²) in [6, 6.07) is 8.19. The van der Waals surface area contributed by atoms with Gasteiger partial charge in [0.25, 0.3) is 0 Å². The molecule has 0 bridgehead atoms. The van der Waals surface area contributed by atoms with Gasteiger partial charge in [0.15, 0.2) is 0 Å². The van der Waals surface area contributed by atoms with Crippen molar-refractivity contribution in [3.05, 3.63) is 34.3 Å². The summed E-state index contributed by atoms with van der Waals surface area (Å²) >= 11 is 3.49. The Bertz CT molecular complexity index is 252. The van der Waals surface area contributed by atoms with E-state index in [1.54, 1.807) is 0 Å². The maximum absolute atomic E-state index is 8.55. The van der Waals surface area contributed by atoms with Crippen molar-refractivity contribution in [1.82, 2.24) is 5.32 Å². The van der Waals surface area contributed by atoms with Gasteiger partial charge in [-0.15, -0.1) is 0 Å². The Morgan fingerprint density at radius 3 is 2.69 bits per heavy atom. The third-order valence-corrected chi connectivity index (χ3v) is 2.59. The average molecular weight is 244 g/mol. The second-order valence-corrected chi connectivity index (χ2v) is 3.67. The highest BCUT2D eigenvalue weighted by atomic mass is 79.9. The van der Waals surface area contributed by atoms with E-state index in [1.807, 2.05) is 18.2 Å². The predicted molar refractivity (Wildman–Crippen MR) is 57.8 cm³/mol. The Balaban J connectivity index is 2.32. The van der Waals surface area contributed by atoms with Crippen LogP contribution >= 0.6 is 15.9 Å². The maximum atomic E-state index is 8.55. The third-order valence-electron chi connectivity index (χ3n) is 1.82. The molecule has 0 aliphatic heterocycles. The molecule has 0 spiro atoms. The van der Waals surface area contributed by atoms with Crippen molar-refractivity contribution in [2.45, 2.75) is 6.42 Å². The van der Waals surface area contributed by atoms with Gasteiger partial charge >= 0.3 is 0 Å². The van der Waals surface area contributed by atoms with E-state index < -0.39 is 0 Å². The van der Waals surface area contributed by atoms with Crippen molar-refractivity contribution in [1.29, 1.82) is 0 Å². The second-order valence-electron chi connectivity index (χ2n) is 2.82. The number of hydrogen-bond acceptors (Lipinski definition) is 2. The number of hydrogen-bond donors (Lipinski definition) is 2. The summed E-state index contributed by atoms with van der Waals surface area (Å²) in [5.74, 6) is 0. The first-order chi connectivity index (χ1) is 6.34. The molecule has 72 valence electrons. The number of aliphatic hydroxyl groups excluding tert-OH is 1. The fourth-order valence-corrected chi connectivity index (χ4v) is 1.61. The monoisotopic (exact) mass is 243 g/mol. The molecule has 3 heteroatoms. The Labute approximate surface area is 87.1 Å². The fourth-order valence-electron chi connectivity index (χ4n) is 1.13. The Kier molecular flexibility index (Phi) is 5.05. The zero-order valence-corrected chi connectivity index (χ0v) is 9.05. The smallest absolute Gasteiger partial charge is 0.0555 e. The fraction of sp³-hybridized carbons (Fsp3) is 0.400. The molecule has 0 heterocycles. The first-order valence-electron chi connectivity index (χ1n) is 4.39. The lowest BCUT2D eigenvalue weighted by atomic mass is 10.1. The molecule has 0 aliphatic rings. The van der Waals surface area contributed by atoms with E-state index in [4.69, 9.17) is 5.11 Å². The predicted octanol–water partition coefficient (Wildman–Crippen LogP) is 1.57. The molecule has 0 saturated carbocycles. The molecule has 0 saturated heterocycles. The molecule has 0 radical (unpaired) electrons. The van der Waals surface area contributed by atoms with Gasteiger partial charge in [-0.1, -0.05) is 34.1 Å². The standard InChI is InChI=1S/C10H14BrNO/c11-10-4-2-1-3-9(10)5-6-12-7-8-13/h1-4,12-13H,5-8H2. The highest BCUT2D eigenvalue weighted by molar-refractivity contribution is 9.10. The Morgan fingerprint density at radius 1 is 1.23 bits per heavy atom. The first kappa shape index (κ1) is 10.7. The van der Waals surface area contributed by atoms with Crippen LogP contribution in [0, 0.1) is 0 Å². The van der Waals surface area contributed by atoms with Gasteiger partial charge in [0.05, 0.1) is 6.61 Å². The van der Waals surface area contributed by atoms with E-state index in [-0.39, 0.29) is 6.61 Å². The molecule has 13 heavy (non-hydrogen) atoms. The summed E-state index contributed by atoms with van der Waals surface area (Å²) in [7, 11) is 0. The number of aliphatic hydroxyl groups is 1. The van der Waals surface area contributed by atoms with Gasteiger partial charge < -0.3 is 10.4 Å². The van der Waals surface area contributed by atoms with Crippen LogP contribution in [0.1, 0.15) is 5.56 Å². The van der Waals surface area contributed by atoms with E-state index >= 15 is 0 Å². The SMILES string of the molecule is OCCNCCc1ccccc1Br. The van der Waals surface area contributed by atoms with Gasteiger partial charge in [-0.2, -0.15) is 0 Å². The molecule has 1 aromatic carbocycles. The average Bonchev–Trinajstić information content (AvgIpc) is 2.15. The zero-order chi connectivity index (χ0) is 9.52. The summed E-state index contributed by atoms with van der Waals surface area (Å²) in [4.78, 5) is 0. The van der Waals surface area contributed by atoms with E-state index in [2.05, 4.69) is 27.3 Å². The molecule has 1 rings (SSSR count). The van der Waals surface area contributed by atoms with Gasteiger partial charge in [0, 0.05) is 11.0 Å². The van der Waals surface area contributed by atoms with Crippen LogP contribution in [0.3, 0.4) is 0 Å². The van der Waals surface area contributed by atoms with Gasteiger partial charge in [-0.25, -0.2) is 0 Å². The molecule has 0 aliphatic carbocycles. The molecular formula is C10H14BrNO. The largest absolute Gasteiger partial charge is 0.395 e. The molecule has 2 nitrogen and oxygen atoms in total. The van der Waals surface area contributed by atoms with Crippen molar-refractivity contribution in [2.24, 2.45) is 0 Å². The number of benzene rings is 1. The van der Waals surface area contributed by atoms with Crippen LogP contribution < -0.4 is 5.32 Å². The van der Waals surface area contributed by atoms with Crippen molar-refractivity contribution < 1.29 is 5.11 Å². The topological polar surface area (TPSA) is 32.3 Å². The van der Waals surface area contributed by atoms with Crippen LogP contribution in [0.5, 0.6) is 0 Å². The quantitative estimate of drug-likeness (QED) is 0.770. The molecule has 0 amide bonds. The molecule has 0 unspecified atom stereocenters. The van der Waals surface area contributed by atoms with Crippen LogP contribution in [0.15, 0.2) is 28.7 Å². The number of rotatable bonds is 5. The minimum Gasteiger partial charge on any atom is -0.395 e. The molecule has 1 aromatic rings. The van der Waals surface area contributed by atoms with Crippen LogP contribution in [0.25, 0.3) is 0 Å². The van der Waals surface area contributed by atoms with E-state index in [1.165, 1.54) is 5.56 Å². The van der Waals surface area contributed by atoms with Crippen molar-refractivity contribution >= 4 is 15.9 Å². The second kappa shape index (κ2) is 6.13. The Hall–Kier alpha value is -0.380. The molecule has 0 aromatic heterocycles. The summed E-state index contributed by atoms with van der Waals surface area (Å²) in [6.07, 6.45) is 0.988. The Morgan fingerprint density at radius 2 is 2.00 bits per heavy atom. The van der Waals surface area contributed by atoms with Crippen molar-refractivity contribution in [3.63, 3.8) is 0 Å². The lowest BCUT2D eigenvalue weighted by molar-refractivity contribution is 0.293. The zero-order valence-electron chi connectivity index (χ0n) is 7.46. The molecule has 0 atom stereocenters. The highest BCUT2D eigenvalue weighted by Gasteiger charge is 1.96. The maximum Gasteiger partial charge on any atom is 0.0555 e. The van der Waals surface area contributed by atoms with Crippen molar-refractivity contribution in [2.75, 3.05) is 19.7 Å². The van der Waals surface area contributed by atoms with Gasteiger partial charge in [0.1, 0.15) is 0 Å². The minimum absolute atomic E-state index is 0.204. The van der Waals surface area contributed by atoms with Gasteiger partial charge in [0.2, 0.25) is 0 Å². The third kappa shape index (κ3) is 3.89. The van der Waals surface area contributed by atoms with E-state index in [9.17, 15) is 0 Å². The lowest BCUT2D eigenvalue weighted by Gasteiger charge is -2.04. The summed E-state index contributed by atoms with van der Waals surface area (Å²) < 4.78 is 1.15. The lowest BCUT2D eigenvalue weighted by Crippen LogP contribution is -2.20. The van der Waals surface area contributed by atoms with Gasteiger partial charge in [-0.3, -0.25) is 0 Å². The molecule has 2 N–H and O–H groups in total. The normalized spacial score (nSPS) is 10.3. The summed E-state index contributed by atoms with van der Waals surface area (Å²) in [6.45, 7) is 1.78. The van der Waals surface area contributed by atoms with Gasteiger partial charge in [-0.05, 0) is 24.6 Å². The summed E-state index contributed by atoms with van der Waals surface area (Å²) in [5, 5.41) is 11.7. The number of nitrogens with one attached hydrogen (secondary N) is 1. The van der Waals surface area contributed by atoms with Crippen molar-refractivity contribution in [3.8, 4) is 0 Å². The molecular weight excluding hydrogens is 230 g/mol. The van der Waals surface area contributed by atoms with Crippen LogP contribution in [-0.2, 0) is 6.42 Å². The summed E-state index contributed by atoms with van der Waals surface area (Å²) in [5.41, 5.74) is 1.30. The minimum atomic E-state index is 0.204. The first-order valence-corrected chi connectivity index (χ1v) is 5.19. The van der Waals surface area contributed by atoms with Crippen LogP contribution in [0.4, 0.5) is 0 Å². The van der Waals surface area contributed by atoms with E-state index in [0.717, 1.165) is 17.4 Å². The van der Waals surface area contributed by atoms with Crippen LogP contribution in [-0.4, -0.2) is 24.8 Å². The highest BCUT2D eigenvalue weighted by Crippen LogP contribution is 2.15. The van der Waals surface area contributed by atoms with Crippen LogP contribution in [0.2, 0.25) is 0 Å².